The van der Waals surface area contributed by atoms with Gasteiger partial charge >= 0.3 is 6.18 Å². The molecule has 0 saturated heterocycles. The predicted molar refractivity (Wildman–Crippen MR) is 65.5 cm³/mol. The lowest BCUT2D eigenvalue weighted by molar-refractivity contribution is -0.152. The average Bonchev–Trinajstić information content (AvgIpc) is 2.33. The van der Waals surface area contributed by atoms with Crippen LogP contribution in [0, 0.1) is 17.6 Å². The Labute approximate surface area is 118 Å². The third-order valence-electron chi connectivity index (χ3n) is 2.37. The summed E-state index contributed by atoms with van der Waals surface area (Å²) in [6.45, 7) is -0.905. The standard InChI is InChI=1S/C10H9BrF5N3O/c11-5-1-7(13)8(2-6(5)12)18-3-4(9(17)19-20)10(14,15)16/h1-2,4,18,20H,3H2,(H2,17,19). The molecule has 4 N–H and O–H groups in total. The zero-order valence-electron chi connectivity index (χ0n) is 9.68. The number of alkyl halides is 3. The maximum Gasteiger partial charge on any atom is 0.400 e. The molecule has 4 nitrogen and oxygen atoms in total. The van der Waals surface area contributed by atoms with Crippen molar-refractivity contribution in [1.29, 1.82) is 0 Å². The zero-order valence-corrected chi connectivity index (χ0v) is 11.3. The third kappa shape index (κ3) is 3.95. The highest BCUT2D eigenvalue weighted by Gasteiger charge is 2.42. The maximum absolute atomic E-state index is 13.4. The molecular weight excluding hydrogens is 353 g/mol. The minimum atomic E-state index is -4.80. The Bertz CT molecular complexity index is 520. The topological polar surface area (TPSA) is 70.6 Å². The smallest absolute Gasteiger partial charge is 0.400 e. The van der Waals surface area contributed by atoms with E-state index < -0.39 is 41.8 Å². The molecule has 0 amide bonds. The molecule has 0 aliphatic carbocycles. The van der Waals surface area contributed by atoms with Gasteiger partial charge in [-0.05, 0) is 22.0 Å². The lowest BCUT2D eigenvalue weighted by Gasteiger charge is -2.20. The average molecular weight is 362 g/mol. The molecule has 0 fully saturated rings. The van der Waals surface area contributed by atoms with Crippen molar-refractivity contribution in [2.24, 2.45) is 16.8 Å². The van der Waals surface area contributed by atoms with E-state index in [9.17, 15) is 22.0 Å². The molecule has 0 heterocycles. The van der Waals surface area contributed by atoms with E-state index in [1.54, 1.807) is 0 Å². The molecule has 1 atom stereocenters. The fourth-order valence-electron chi connectivity index (χ4n) is 1.33. The molecule has 20 heavy (non-hydrogen) atoms. The number of hydrogen-bond donors (Lipinski definition) is 3. The molecular formula is C10H9BrF5N3O. The number of hydrogen-bond acceptors (Lipinski definition) is 3. The van der Waals surface area contributed by atoms with Crippen molar-refractivity contribution in [3.63, 3.8) is 0 Å². The Morgan fingerprint density at radius 1 is 1.35 bits per heavy atom. The van der Waals surface area contributed by atoms with E-state index >= 15 is 0 Å². The first-order valence-corrected chi connectivity index (χ1v) is 5.88. The van der Waals surface area contributed by atoms with Crippen LogP contribution in [0.25, 0.3) is 0 Å². The molecule has 0 bridgehead atoms. The van der Waals surface area contributed by atoms with Crippen LogP contribution in [0.3, 0.4) is 0 Å². The summed E-state index contributed by atoms with van der Waals surface area (Å²) < 4.78 is 64.3. The highest BCUT2D eigenvalue weighted by Crippen LogP contribution is 2.28. The molecule has 0 saturated carbocycles. The summed E-state index contributed by atoms with van der Waals surface area (Å²) in [5.74, 6) is -5.21. The van der Waals surface area contributed by atoms with E-state index in [0.717, 1.165) is 6.07 Å². The third-order valence-corrected chi connectivity index (χ3v) is 2.98. The summed E-state index contributed by atoms with van der Waals surface area (Å²) in [6.07, 6.45) is -4.80. The van der Waals surface area contributed by atoms with Gasteiger partial charge in [0.15, 0.2) is 5.84 Å². The first-order chi connectivity index (χ1) is 9.16. The number of anilines is 1. The van der Waals surface area contributed by atoms with Gasteiger partial charge in [-0.3, -0.25) is 0 Å². The quantitative estimate of drug-likeness (QED) is 0.193. The number of halogens is 6. The highest BCUT2D eigenvalue weighted by atomic mass is 79.9. The van der Waals surface area contributed by atoms with Crippen LogP contribution in [0.4, 0.5) is 27.6 Å². The lowest BCUT2D eigenvalue weighted by Crippen LogP contribution is -2.40. The minimum Gasteiger partial charge on any atom is -0.409 e. The monoisotopic (exact) mass is 361 g/mol. The van der Waals surface area contributed by atoms with Crippen molar-refractivity contribution in [2.45, 2.75) is 6.18 Å². The lowest BCUT2D eigenvalue weighted by atomic mass is 10.1. The molecule has 0 spiro atoms. The van der Waals surface area contributed by atoms with Crippen LogP contribution in [-0.4, -0.2) is 23.8 Å². The van der Waals surface area contributed by atoms with Crippen LogP contribution in [-0.2, 0) is 0 Å². The highest BCUT2D eigenvalue weighted by molar-refractivity contribution is 9.10. The molecule has 1 aromatic rings. The van der Waals surface area contributed by atoms with Gasteiger partial charge in [0.25, 0.3) is 0 Å². The number of rotatable bonds is 4. The van der Waals surface area contributed by atoms with Crippen molar-refractivity contribution >= 4 is 27.5 Å². The number of nitrogens with one attached hydrogen (secondary N) is 1. The van der Waals surface area contributed by atoms with Crippen LogP contribution >= 0.6 is 15.9 Å². The van der Waals surface area contributed by atoms with Gasteiger partial charge in [0, 0.05) is 12.6 Å². The van der Waals surface area contributed by atoms with E-state index in [1.165, 1.54) is 0 Å². The summed E-state index contributed by atoms with van der Waals surface area (Å²) in [4.78, 5) is 0. The summed E-state index contributed by atoms with van der Waals surface area (Å²) in [6, 6.07) is 1.46. The van der Waals surface area contributed by atoms with Crippen molar-refractivity contribution in [3.05, 3.63) is 28.2 Å². The molecule has 0 aliphatic heterocycles. The van der Waals surface area contributed by atoms with E-state index in [0.29, 0.717) is 6.07 Å². The van der Waals surface area contributed by atoms with Crippen LogP contribution < -0.4 is 11.1 Å². The van der Waals surface area contributed by atoms with E-state index in [2.05, 4.69) is 26.4 Å². The van der Waals surface area contributed by atoms with Gasteiger partial charge in [0.2, 0.25) is 0 Å². The van der Waals surface area contributed by atoms with Crippen molar-refractivity contribution in [2.75, 3.05) is 11.9 Å². The first kappa shape index (κ1) is 16.5. The second-order valence-electron chi connectivity index (χ2n) is 3.75. The zero-order chi connectivity index (χ0) is 15.5. The first-order valence-electron chi connectivity index (χ1n) is 5.09. The van der Waals surface area contributed by atoms with Gasteiger partial charge in [-0.25, -0.2) is 8.78 Å². The predicted octanol–water partition coefficient (Wildman–Crippen LogP) is 3.06. The minimum absolute atomic E-state index is 0.163. The van der Waals surface area contributed by atoms with Gasteiger partial charge in [0.1, 0.15) is 17.6 Å². The van der Waals surface area contributed by atoms with Gasteiger partial charge < -0.3 is 16.3 Å². The van der Waals surface area contributed by atoms with Crippen molar-refractivity contribution in [1.82, 2.24) is 0 Å². The summed E-state index contributed by atoms with van der Waals surface area (Å²) in [5, 5.41) is 12.7. The molecule has 1 unspecified atom stereocenters. The van der Waals surface area contributed by atoms with E-state index in [-0.39, 0.29) is 4.47 Å². The van der Waals surface area contributed by atoms with Gasteiger partial charge in [0.05, 0.1) is 10.2 Å². The fourth-order valence-corrected chi connectivity index (χ4v) is 1.64. The number of nitrogens with two attached hydrogens (primary N) is 1. The normalized spacial score (nSPS) is 14.2. The number of oxime groups is 1. The Balaban J connectivity index is 2.91. The van der Waals surface area contributed by atoms with Crippen LogP contribution in [0.15, 0.2) is 21.8 Å². The van der Waals surface area contributed by atoms with Crippen LogP contribution in [0.2, 0.25) is 0 Å². The molecule has 10 heteroatoms. The van der Waals surface area contributed by atoms with Gasteiger partial charge in [-0.2, -0.15) is 13.2 Å². The maximum atomic E-state index is 13.4. The molecule has 0 aliphatic rings. The molecule has 0 aromatic heterocycles. The van der Waals surface area contributed by atoms with E-state index in [4.69, 9.17) is 10.9 Å². The molecule has 1 rings (SSSR count). The van der Waals surface area contributed by atoms with E-state index in [1.807, 2.05) is 0 Å². The Hall–Kier alpha value is -1.58. The Kier molecular flexibility index (Phi) is 5.15. The number of amidine groups is 1. The Morgan fingerprint density at radius 3 is 2.45 bits per heavy atom. The van der Waals surface area contributed by atoms with Gasteiger partial charge in [-0.1, -0.05) is 5.16 Å². The number of nitrogens with zero attached hydrogens (tertiary/aromatic N) is 1. The number of benzene rings is 1. The van der Waals surface area contributed by atoms with Crippen LogP contribution in [0.5, 0.6) is 0 Å². The largest absolute Gasteiger partial charge is 0.409 e. The molecule has 0 radical (unpaired) electrons. The van der Waals surface area contributed by atoms with Crippen molar-refractivity contribution in [3.8, 4) is 0 Å². The Morgan fingerprint density at radius 2 is 1.95 bits per heavy atom. The summed E-state index contributed by atoms with van der Waals surface area (Å²) in [5.41, 5.74) is 4.46. The van der Waals surface area contributed by atoms with Gasteiger partial charge in [-0.15, -0.1) is 0 Å². The second kappa shape index (κ2) is 6.25. The van der Waals surface area contributed by atoms with Crippen molar-refractivity contribution < 1.29 is 27.2 Å². The summed E-state index contributed by atoms with van der Waals surface area (Å²) in [7, 11) is 0. The molecule has 112 valence electrons. The fraction of sp³-hybridized carbons (Fsp3) is 0.300. The second-order valence-corrected chi connectivity index (χ2v) is 4.60. The van der Waals surface area contributed by atoms with Crippen LogP contribution in [0.1, 0.15) is 0 Å². The SMILES string of the molecule is N/C(=N/O)C(CNc1cc(F)c(Br)cc1F)C(F)(F)F. The summed E-state index contributed by atoms with van der Waals surface area (Å²) >= 11 is 2.73. The molecule has 1 aromatic carbocycles.